The van der Waals surface area contributed by atoms with Gasteiger partial charge in [0.05, 0.1) is 11.8 Å². The van der Waals surface area contributed by atoms with Gasteiger partial charge in [0.15, 0.2) is 0 Å². The number of carbonyl (C=O) groups excluding carboxylic acids is 1. The summed E-state index contributed by atoms with van der Waals surface area (Å²) >= 11 is 0. The van der Waals surface area contributed by atoms with Crippen molar-refractivity contribution in [3.8, 4) is 0 Å². The number of carbonyl (C=O) groups is 1. The first kappa shape index (κ1) is 13.0. The van der Waals surface area contributed by atoms with Gasteiger partial charge in [0, 0.05) is 25.3 Å². The largest absolute Gasteiger partial charge is 0.334 e. The van der Waals surface area contributed by atoms with Crippen LogP contribution in [-0.2, 0) is 0 Å². The number of likely N-dealkylation sites (tertiary alicyclic amines) is 1. The molecule has 1 saturated heterocycles. The van der Waals surface area contributed by atoms with E-state index in [2.05, 4.69) is 11.9 Å². The Bertz CT molecular complexity index is 438. The Morgan fingerprint density at radius 1 is 1.61 bits per heavy atom. The zero-order chi connectivity index (χ0) is 13.1. The van der Waals surface area contributed by atoms with E-state index in [1.54, 1.807) is 4.90 Å². The highest BCUT2D eigenvalue weighted by atomic mass is 19.1. The molecule has 2 rings (SSSR count). The molecule has 2 atom stereocenters. The number of piperidine rings is 1. The molecule has 1 amide bonds. The first-order valence-electron chi connectivity index (χ1n) is 6.23. The van der Waals surface area contributed by atoms with E-state index in [-0.39, 0.29) is 11.9 Å². The third-order valence-corrected chi connectivity index (χ3v) is 3.46. The average molecular weight is 251 g/mol. The second kappa shape index (κ2) is 5.44. The van der Waals surface area contributed by atoms with Crippen LogP contribution >= 0.6 is 0 Å². The summed E-state index contributed by atoms with van der Waals surface area (Å²) in [6.07, 6.45) is 4.36. The van der Waals surface area contributed by atoms with Gasteiger partial charge in [-0.2, -0.15) is 0 Å². The lowest BCUT2D eigenvalue weighted by Gasteiger charge is -2.38. The SMILES string of the molecule is CC1CCN(C(=O)c2cncc(F)c2)C(CN)C1. The molecule has 0 aliphatic carbocycles. The molecule has 5 heteroatoms. The number of hydrogen-bond donors (Lipinski definition) is 1. The second-order valence-electron chi connectivity index (χ2n) is 4.91. The number of aromatic nitrogens is 1. The lowest BCUT2D eigenvalue weighted by Crippen LogP contribution is -2.49. The van der Waals surface area contributed by atoms with Crippen molar-refractivity contribution in [3.63, 3.8) is 0 Å². The highest BCUT2D eigenvalue weighted by molar-refractivity contribution is 5.94. The molecule has 1 aromatic heterocycles. The smallest absolute Gasteiger partial charge is 0.255 e. The predicted molar refractivity (Wildman–Crippen MR) is 66.5 cm³/mol. The minimum atomic E-state index is -0.490. The predicted octanol–water partition coefficient (Wildman–Crippen LogP) is 1.42. The first-order chi connectivity index (χ1) is 8.61. The van der Waals surface area contributed by atoms with Crippen LogP contribution in [0.2, 0.25) is 0 Å². The molecule has 2 heterocycles. The molecule has 1 aliphatic rings. The normalized spacial score (nSPS) is 24.1. The van der Waals surface area contributed by atoms with Crippen molar-refractivity contribution in [1.82, 2.24) is 9.88 Å². The third kappa shape index (κ3) is 2.67. The van der Waals surface area contributed by atoms with E-state index in [0.717, 1.165) is 19.0 Å². The van der Waals surface area contributed by atoms with E-state index < -0.39 is 5.82 Å². The van der Waals surface area contributed by atoms with Crippen molar-refractivity contribution in [3.05, 3.63) is 29.8 Å². The van der Waals surface area contributed by atoms with Crippen LogP contribution < -0.4 is 5.73 Å². The molecular formula is C13H18FN3O. The maximum Gasteiger partial charge on any atom is 0.255 e. The van der Waals surface area contributed by atoms with Crippen LogP contribution in [0.4, 0.5) is 4.39 Å². The van der Waals surface area contributed by atoms with E-state index in [0.29, 0.717) is 24.6 Å². The quantitative estimate of drug-likeness (QED) is 0.864. The summed E-state index contributed by atoms with van der Waals surface area (Å²) in [6.45, 7) is 3.28. The van der Waals surface area contributed by atoms with Crippen LogP contribution in [0.1, 0.15) is 30.1 Å². The highest BCUT2D eigenvalue weighted by Crippen LogP contribution is 2.23. The molecule has 18 heavy (non-hydrogen) atoms. The number of nitrogens with two attached hydrogens (primary N) is 1. The standard InChI is InChI=1S/C13H18FN3O/c1-9-2-3-17(12(4-9)6-15)13(18)10-5-11(14)8-16-7-10/h5,7-9,12H,2-4,6,15H2,1H3. The summed E-state index contributed by atoms with van der Waals surface area (Å²) in [5.74, 6) is -0.0897. The minimum Gasteiger partial charge on any atom is -0.334 e. The Kier molecular flexibility index (Phi) is 3.91. The summed E-state index contributed by atoms with van der Waals surface area (Å²) in [4.78, 5) is 17.8. The summed E-state index contributed by atoms with van der Waals surface area (Å²) in [7, 11) is 0. The fraction of sp³-hybridized carbons (Fsp3) is 0.538. The van der Waals surface area contributed by atoms with Crippen LogP contribution in [0.15, 0.2) is 18.5 Å². The molecule has 0 bridgehead atoms. The maximum atomic E-state index is 13.1. The van der Waals surface area contributed by atoms with Crippen LogP contribution in [0.3, 0.4) is 0 Å². The van der Waals surface area contributed by atoms with E-state index >= 15 is 0 Å². The molecule has 0 spiro atoms. The van der Waals surface area contributed by atoms with E-state index in [4.69, 9.17) is 5.73 Å². The van der Waals surface area contributed by atoms with Crippen molar-refractivity contribution in [1.29, 1.82) is 0 Å². The van der Waals surface area contributed by atoms with Gasteiger partial charge in [0.2, 0.25) is 0 Å². The number of rotatable bonds is 2. The molecule has 2 N–H and O–H groups in total. The van der Waals surface area contributed by atoms with E-state index in [9.17, 15) is 9.18 Å². The molecule has 0 radical (unpaired) electrons. The van der Waals surface area contributed by atoms with Crippen molar-refractivity contribution >= 4 is 5.91 Å². The van der Waals surface area contributed by atoms with Crippen LogP contribution in [-0.4, -0.2) is 34.9 Å². The monoisotopic (exact) mass is 251 g/mol. The number of pyridine rings is 1. The first-order valence-corrected chi connectivity index (χ1v) is 6.23. The van der Waals surface area contributed by atoms with Crippen LogP contribution in [0.5, 0.6) is 0 Å². The molecule has 2 unspecified atom stereocenters. The van der Waals surface area contributed by atoms with Crippen molar-refractivity contribution in [2.24, 2.45) is 11.7 Å². The van der Waals surface area contributed by atoms with Gasteiger partial charge in [-0.15, -0.1) is 0 Å². The zero-order valence-corrected chi connectivity index (χ0v) is 10.5. The number of nitrogens with zero attached hydrogens (tertiary/aromatic N) is 2. The molecule has 4 nitrogen and oxygen atoms in total. The van der Waals surface area contributed by atoms with E-state index in [1.807, 2.05) is 0 Å². The average Bonchev–Trinajstić information content (AvgIpc) is 2.37. The lowest BCUT2D eigenvalue weighted by molar-refractivity contribution is 0.0572. The van der Waals surface area contributed by atoms with Gasteiger partial charge in [0.1, 0.15) is 5.82 Å². The molecule has 0 saturated carbocycles. The van der Waals surface area contributed by atoms with Gasteiger partial charge in [-0.05, 0) is 24.8 Å². The van der Waals surface area contributed by atoms with Gasteiger partial charge in [-0.1, -0.05) is 6.92 Å². The Labute approximate surface area is 106 Å². The Morgan fingerprint density at radius 3 is 3.06 bits per heavy atom. The van der Waals surface area contributed by atoms with Gasteiger partial charge < -0.3 is 10.6 Å². The van der Waals surface area contributed by atoms with Crippen molar-refractivity contribution in [2.45, 2.75) is 25.8 Å². The summed E-state index contributed by atoms with van der Waals surface area (Å²) in [5.41, 5.74) is 6.01. The molecular weight excluding hydrogens is 233 g/mol. The zero-order valence-electron chi connectivity index (χ0n) is 10.5. The molecule has 0 aromatic carbocycles. The molecule has 98 valence electrons. The Balaban J connectivity index is 2.17. The number of hydrogen-bond acceptors (Lipinski definition) is 3. The Hall–Kier alpha value is -1.49. The number of amides is 1. The summed E-state index contributed by atoms with van der Waals surface area (Å²) in [6, 6.07) is 1.27. The highest BCUT2D eigenvalue weighted by Gasteiger charge is 2.29. The summed E-state index contributed by atoms with van der Waals surface area (Å²) in [5, 5.41) is 0. The second-order valence-corrected chi connectivity index (χ2v) is 4.91. The minimum absolute atomic E-state index is 0.0458. The van der Waals surface area contributed by atoms with Gasteiger partial charge in [0.25, 0.3) is 5.91 Å². The fourth-order valence-electron chi connectivity index (χ4n) is 2.44. The number of halogens is 1. The molecule has 1 fully saturated rings. The fourth-order valence-corrected chi connectivity index (χ4v) is 2.44. The summed E-state index contributed by atoms with van der Waals surface area (Å²) < 4.78 is 13.1. The van der Waals surface area contributed by atoms with E-state index in [1.165, 1.54) is 12.3 Å². The Morgan fingerprint density at radius 2 is 2.39 bits per heavy atom. The molecule has 1 aromatic rings. The lowest BCUT2D eigenvalue weighted by atomic mass is 9.92. The van der Waals surface area contributed by atoms with Gasteiger partial charge >= 0.3 is 0 Å². The topological polar surface area (TPSA) is 59.2 Å². The maximum absolute atomic E-state index is 13.1. The van der Waals surface area contributed by atoms with Crippen LogP contribution in [0, 0.1) is 11.7 Å². The van der Waals surface area contributed by atoms with Crippen molar-refractivity contribution < 1.29 is 9.18 Å². The third-order valence-electron chi connectivity index (χ3n) is 3.46. The molecule has 1 aliphatic heterocycles. The van der Waals surface area contributed by atoms with Gasteiger partial charge in [-0.3, -0.25) is 9.78 Å². The van der Waals surface area contributed by atoms with Crippen LogP contribution in [0.25, 0.3) is 0 Å². The van der Waals surface area contributed by atoms with Crippen molar-refractivity contribution in [2.75, 3.05) is 13.1 Å². The van der Waals surface area contributed by atoms with Gasteiger partial charge in [-0.25, -0.2) is 4.39 Å².